The lowest BCUT2D eigenvalue weighted by Gasteiger charge is -2.22. The van der Waals surface area contributed by atoms with Gasteiger partial charge in [0.25, 0.3) is 0 Å². The molecule has 0 bridgehead atoms. The number of nitrogens with zero attached hydrogens (tertiary/aromatic N) is 6. The van der Waals surface area contributed by atoms with E-state index >= 15 is 0 Å². The number of fused-ring (bicyclic) bond motifs is 1. The van der Waals surface area contributed by atoms with Crippen LogP contribution in [0.1, 0.15) is 19.4 Å². The predicted molar refractivity (Wildman–Crippen MR) is 108 cm³/mol. The van der Waals surface area contributed by atoms with E-state index in [0.717, 1.165) is 5.56 Å². The van der Waals surface area contributed by atoms with Crippen molar-refractivity contribution < 1.29 is 17.9 Å². The SMILES string of the molecule is Cc1ccnc(Nc2nc(N(C)C(C)C)nc3cnn(CCOCC(F)(F)F)c23)c1. The third-order valence-corrected chi connectivity index (χ3v) is 4.44. The van der Waals surface area contributed by atoms with Gasteiger partial charge in [0.05, 0.1) is 19.3 Å². The normalized spacial score (nSPS) is 12.0. The van der Waals surface area contributed by atoms with Crippen LogP contribution in [0.15, 0.2) is 24.5 Å². The van der Waals surface area contributed by atoms with E-state index in [1.54, 1.807) is 12.4 Å². The van der Waals surface area contributed by atoms with Crippen molar-refractivity contribution in [1.82, 2.24) is 24.7 Å². The molecular weight excluding hydrogens is 399 g/mol. The molecule has 0 aliphatic carbocycles. The molecule has 0 saturated carbocycles. The summed E-state index contributed by atoms with van der Waals surface area (Å²) < 4.78 is 43.2. The average molecular weight is 423 g/mol. The number of anilines is 3. The zero-order valence-electron chi connectivity index (χ0n) is 17.2. The van der Waals surface area contributed by atoms with Crippen molar-refractivity contribution in [1.29, 1.82) is 0 Å². The maximum atomic E-state index is 12.3. The second-order valence-corrected chi connectivity index (χ2v) is 7.19. The van der Waals surface area contributed by atoms with Crippen LogP contribution in [-0.2, 0) is 11.3 Å². The molecule has 0 unspecified atom stereocenters. The van der Waals surface area contributed by atoms with Crippen molar-refractivity contribution in [2.45, 2.75) is 39.5 Å². The van der Waals surface area contributed by atoms with Crippen LogP contribution in [0.25, 0.3) is 11.0 Å². The smallest absolute Gasteiger partial charge is 0.370 e. The lowest BCUT2D eigenvalue weighted by Crippen LogP contribution is -2.27. The number of pyridine rings is 1. The van der Waals surface area contributed by atoms with E-state index in [0.29, 0.717) is 28.6 Å². The van der Waals surface area contributed by atoms with Crippen LogP contribution in [0.3, 0.4) is 0 Å². The Kier molecular flexibility index (Phi) is 6.40. The summed E-state index contributed by atoms with van der Waals surface area (Å²) >= 11 is 0. The first kappa shape index (κ1) is 21.8. The van der Waals surface area contributed by atoms with Gasteiger partial charge in [-0.05, 0) is 38.5 Å². The number of alkyl halides is 3. The van der Waals surface area contributed by atoms with E-state index in [-0.39, 0.29) is 19.2 Å². The number of hydrogen-bond donors (Lipinski definition) is 1. The van der Waals surface area contributed by atoms with Crippen molar-refractivity contribution in [3.05, 3.63) is 30.1 Å². The summed E-state index contributed by atoms with van der Waals surface area (Å²) in [5.41, 5.74) is 2.15. The lowest BCUT2D eigenvalue weighted by molar-refractivity contribution is -0.174. The van der Waals surface area contributed by atoms with E-state index in [1.807, 2.05) is 44.9 Å². The van der Waals surface area contributed by atoms with E-state index in [9.17, 15) is 13.2 Å². The van der Waals surface area contributed by atoms with Crippen LogP contribution in [0, 0.1) is 6.92 Å². The average Bonchev–Trinajstić information content (AvgIpc) is 3.07. The molecule has 0 amide bonds. The second kappa shape index (κ2) is 8.82. The summed E-state index contributed by atoms with van der Waals surface area (Å²) in [6.45, 7) is 4.66. The number of hydrogen-bond acceptors (Lipinski definition) is 7. The molecule has 3 aromatic heterocycles. The van der Waals surface area contributed by atoms with Gasteiger partial charge in [-0.3, -0.25) is 4.68 Å². The number of halogens is 3. The van der Waals surface area contributed by atoms with E-state index in [1.165, 1.54) is 4.68 Å². The van der Waals surface area contributed by atoms with Gasteiger partial charge in [0, 0.05) is 19.3 Å². The molecule has 3 rings (SSSR count). The highest BCUT2D eigenvalue weighted by molar-refractivity contribution is 5.88. The van der Waals surface area contributed by atoms with Gasteiger partial charge in [0.1, 0.15) is 23.5 Å². The molecule has 0 atom stereocenters. The third kappa shape index (κ3) is 5.35. The molecule has 0 saturated heterocycles. The molecule has 0 fully saturated rings. The van der Waals surface area contributed by atoms with Crippen molar-refractivity contribution >= 4 is 28.6 Å². The molecule has 0 aliphatic heterocycles. The van der Waals surface area contributed by atoms with Crippen LogP contribution in [0.5, 0.6) is 0 Å². The molecular formula is C19H24F3N7O. The zero-order valence-corrected chi connectivity index (χ0v) is 17.2. The first-order chi connectivity index (χ1) is 14.1. The molecule has 3 heterocycles. The quantitative estimate of drug-likeness (QED) is 0.554. The fraction of sp³-hybridized carbons (Fsp3) is 0.474. The summed E-state index contributed by atoms with van der Waals surface area (Å²) in [5, 5.41) is 7.46. The first-order valence-corrected chi connectivity index (χ1v) is 9.44. The Balaban J connectivity index is 1.94. The Morgan fingerprint density at radius 2 is 2.03 bits per heavy atom. The van der Waals surface area contributed by atoms with Gasteiger partial charge in [0.2, 0.25) is 5.95 Å². The second-order valence-electron chi connectivity index (χ2n) is 7.19. The zero-order chi connectivity index (χ0) is 21.9. The van der Waals surface area contributed by atoms with Crippen molar-refractivity contribution in [3.8, 4) is 0 Å². The Labute approximate surface area is 172 Å². The van der Waals surface area contributed by atoms with E-state index < -0.39 is 12.8 Å². The predicted octanol–water partition coefficient (Wildman–Crippen LogP) is 3.70. The fourth-order valence-electron chi connectivity index (χ4n) is 2.70. The highest BCUT2D eigenvalue weighted by Crippen LogP contribution is 2.26. The number of rotatable bonds is 8. The molecule has 8 nitrogen and oxygen atoms in total. The maximum Gasteiger partial charge on any atom is 0.411 e. The monoisotopic (exact) mass is 423 g/mol. The molecule has 1 N–H and O–H groups in total. The molecule has 0 spiro atoms. The van der Waals surface area contributed by atoms with Gasteiger partial charge in [-0.25, -0.2) is 9.97 Å². The molecule has 11 heteroatoms. The van der Waals surface area contributed by atoms with Gasteiger partial charge in [-0.1, -0.05) is 0 Å². The van der Waals surface area contributed by atoms with Crippen LogP contribution < -0.4 is 10.2 Å². The van der Waals surface area contributed by atoms with Gasteiger partial charge in [-0.15, -0.1) is 0 Å². The largest absolute Gasteiger partial charge is 0.411 e. The van der Waals surface area contributed by atoms with Crippen LogP contribution in [0.4, 0.5) is 30.8 Å². The van der Waals surface area contributed by atoms with Gasteiger partial charge in [-0.2, -0.15) is 23.3 Å². The van der Waals surface area contributed by atoms with Crippen LogP contribution >= 0.6 is 0 Å². The van der Waals surface area contributed by atoms with Crippen molar-refractivity contribution in [2.75, 3.05) is 30.5 Å². The lowest BCUT2D eigenvalue weighted by atomic mass is 10.3. The maximum absolute atomic E-state index is 12.3. The Morgan fingerprint density at radius 1 is 1.27 bits per heavy atom. The summed E-state index contributed by atoms with van der Waals surface area (Å²) in [7, 11) is 1.88. The number of ether oxygens (including phenoxy) is 1. The minimum atomic E-state index is -4.37. The van der Waals surface area contributed by atoms with E-state index in [2.05, 4.69) is 25.4 Å². The first-order valence-electron chi connectivity index (χ1n) is 9.44. The Bertz CT molecular complexity index is 1000. The minimum Gasteiger partial charge on any atom is -0.370 e. The Hall–Kier alpha value is -2.95. The number of aryl methyl sites for hydroxylation is 1. The van der Waals surface area contributed by atoms with Gasteiger partial charge in [0.15, 0.2) is 5.82 Å². The fourth-order valence-corrected chi connectivity index (χ4v) is 2.70. The van der Waals surface area contributed by atoms with E-state index in [4.69, 9.17) is 4.74 Å². The minimum absolute atomic E-state index is 0.123. The molecule has 162 valence electrons. The number of aromatic nitrogens is 5. The topological polar surface area (TPSA) is 81.0 Å². The van der Waals surface area contributed by atoms with Crippen molar-refractivity contribution in [3.63, 3.8) is 0 Å². The molecule has 0 radical (unpaired) electrons. The summed E-state index contributed by atoms with van der Waals surface area (Å²) in [4.78, 5) is 15.4. The standard InChI is InChI=1S/C19H24F3N7O/c1-12(2)28(4)18-25-14-10-24-29(7-8-30-11-19(20,21)22)16(14)17(27-18)26-15-9-13(3)5-6-23-15/h5-6,9-10,12H,7-8,11H2,1-4H3,(H,23,25,26,27). The molecule has 30 heavy (non-hydrogen) atoms. The third-order valence-electron chi connectivity index (χ3n) is 4.44. The van der Waals surface area contributed by atoms with Crippen LogP contribution in [-0.4, -0.2) is 57.2 Å². The summed E-state index contributed by atoms with van der Waals surface area (Å²) in [6, 6.07) is 3.91. The van der Waals surface area contributed by atoms with Crippen molar-refractivity contribution in [2.24, 2.45) is 0 Å². The molecule has 0 aliphatic rings. The van der Waals surface area contributed by atoms with Gasteiger partial charge < -0.3 is 15.0 Å². The Morgan fingerprint density at radius 3 is 2.70 bits per heavy atom. The molecule has 0 aromatic carbocycles. The molecule has 3 aromatic rings. The van der Waals surface area contributed by atoms with Gasteiger partial charge >= 0.3 is 6.18 Å². The summed E-state index contributed by atoms with van der Waals surface area (Å²) in [6.07, 6.45) is -1.12. The highest BCUT2D eigenvalue weighted by Gasteiger charge is 2.27. The highest BCUT2D eigenvalue weighted by atomic mass is 19.4. The summed E-state index contributed by atoms with van der Waals surface area (Å²) in [5.74, 6) is 1.56. The van der Waals surface area contributed by atoms with Crippen LogP contribution in [0.2, 0.25) is 0 Å². The number of nitrogens with one attached hydrogen (secondary N) is 1.